The average Bonchev–Trinajstić information content (AvgIpc) is 3.67. The molecule has 6 rings (SSSR count). The van der Waals surface area contributed by atoms with Gasteiger partial charge in [0.1, 0.15) is 5.60 Å². The molecule has 3 heterocycles. The quantitative estimate of drug-likeness (QED) is 0.259. The van der Waals surface area contributed by atoms with Gasteiger partial charge in [-0.15, -0.1) is 0 Å². The molecule has 3 aromatic rings. The largest absolute Gasteiger partial charge is 0.444 e. The smallest absolute Gasteiger partial charge is 0.410 e. The molecule has 11 heteroatoms. The van der Waals surface area contributed by atoms with Crippen LogP contribution < -0.4 is 15.4 Å². The molecule has 2 saturated heterocycles. The molecule has 0 spiro atoms. The lowest BCUT2D eigenvalue weighted by Gasteiger charge is -2.33. The number of nitrogens with one attached hydrogen (secondary N) is 3. The summed E-state index contributed by atoms with van der Waals surface area (Å²) in [6, 6.07) is 22.2. The number of amides is 2. The maximum atomic E-state index is 13.6. The number of piperidine rings is 1. The first kappa shape index (κ1) is 32.7. The molecule has 3 N–H and O–H groups in total. The molecule has 2 amide bonds. The number of carbonyl (C=O) groups is 2. The van der Waals surface area contributed by atoms with E-state index in [1.165, 1.54) is 24.5 Å². The van der Waals surface area contributed by atoms with E-state index in [0.29, 0.717) is 48.5 Å². The van der Waals surface area contributed by atoms with Gasteiger partial charge in [-0.1, -0.05) is 42.5 Å². The van der Waals surface area contributed by atoms with Crippen molar-refractivity contribution in [3.05, 3.63) is 89.5 Å². The number of benzene rings is 3. The number of fused-ring (bicyclic) bond motifs is 1. The van der Waals surface area contributed by atoms with Crippen LogP contribution in [0.25, 0.3) is 11.3 Å². The fraction of sp³-hybridized carbons (Fsp3) is 0.389. The number of carbonyl (C=O) groups excluding carboxylic acids is 2. The molecule has 0 saturated carbocycles. The monoisotopic (exact) mass is 657 g/mol. The van der Waals surface area contributed by atoms with E-state index < -0.39 is 21.7 Å². The summed E-state index contributed by atoms with van der Waals surface area (Å²) in [5, 5.41) is 6.40. The summed E-state index contributed by atoms with van der Waals surface area (Å²) in [4.78, 5) is 30.1. The van der Waals surface area contributed by atoms with E-state index in [1.807, 2.05) is 63.2 Å². The summed E-state index contributed by atoms with van der Waals surface area (Å²) in [7, 11) is -3.92. The van der Waals surface area contributed by atoms with Crippen LogP contribution in [0.5, 0.6) is 0 Å². The number of nitrogens with zero attached hydrogens (tertiary/aromatic N) is 2. The van der Waals surface area contributed by atoms with Gasteiger partial charge in [0.25, 0.3) is 5.91 Å². The van der Waals surface area contributed by atoms with E-state index in [0.717, 1.165) is 30.9 Å². The van der Waals surface area contributed by atoms with Crippen molar-refractivity contribution < 1.29 is 22.7 Å². The molecule has 47 heavy (non-hydrogen) atoms. The number of sulfonamides is 1. The molecule has 3 aliphatic heterocycles. The molecule has 0 aliphatic carbocycles. The molecular weight excluding hydrogens is 614 g/mol. The van der Waals surface area contributed by atoms with Gasteiger partial charge in [-0.3, -0.25) is 9.69 Å². The van der Waals surface area contributed by atoms with Crippen LogP contribution in [-0.4, -0.2) is 68.0 Å². The SMILES string of the molecule is CC(C)(C)OC(=O)N1CCC(NS(=O)(=O)c2ccc3c(c2)/C(=C(/Nc2ccc(CN4CCCC4)cc2)c2ccccc2)C(=O)N3)CC1. The zero-order chi connectivity index (χ0) is 33.2. The van der Waals surface area contributed by atoms with Crippen molar-refractivity contribution in [2.24, 2.45) is 0 Å². The number of ether oxygens (including phenoxy) is 1. The average molecular weight is 658 g/mol. The fourth-order valence-corrected chi connectivity index (χ4v) is 7.61. The Morgan fingerprint density at radius 1 is 0.936 bits per heavy atom. The van der Waals surface area contributed by atoms with Crippen molar-refractivity contribution in [2.45, 2.75) is 69.5 Å². The summed E-state index contributed by atoms with van der Waals surface area (Å²) in [5.41, 5.74) is 4.27. The van der Waals surface area contributed by atoms with E-state index in [4.69, 9.17) is 4.74 Å². The highest BCUT2D eigenvalue weighted by Gasteiger charge is 2.32. The Hall–Kier alpha value is -4.19. The highest BCUT2D eigenvalue weighted by Crippen LogP contribution is 2.39. The first-order chi connectivity index (χ1) is 22.4. The Morgan fingerprint density at radius 3 is 2.28 bits per heavy atom. The van der Waals surface area contributed by atoms with Crippen LogP contribution in [0.1, 0.15) is 63.1 Å². The van der Waals surface area contributed by atoms with Crippen LogP contribution in [0.4, 0.5) is 16.2 Å². The molecule has 248 valence electrons. The third-order valence-electron chi connectivity index (χ3n) is 8.66. The predicted molar refractivity (Wildman–Crippen MR) is 184 cm³/mol. The maximum absolute atomic E-state index is 13.6. The van der Waals surface area contributed by atoms with Gasteiger partial charge in [0.05, 0.1) is 16.2 Å². The Bertz CT molecular complexity index is 1750. The molecule has 3 aromatic carbocycles. The van der Waals surface area contributed by atoms with Gasteiger partial charge in [-0.25, -0.2) is 17.9 Å². The zero-order valence-electron chi connectivity index (χ0n) is 27.2. The number of hydrogen-bond donors (Lipinski definition) is 3. The number of anilines is 2. The molecule has 10 nitrogen and oxygen atoms in total. The summed E-state index contributed by atoms with van der Waals surface area (Å²) >= 11 is 0. The maximum Gasteiger partial charge on any atom is 0.410 e. The van der Waals surface area contributed by atoms with Crippen LogP contribution in [-0.2, 0) is 26.1 Å². The number of rotatable bonds is 8. The summed E-state index contributed by atoms with van der Waals surface area (Å²) < 4.78 is 35.5. The van der Waals surface area contributed by atoms with E-state index >= 15 is 0 Å². The Labute approximate surface area is 277 Å². The second-order valence-electron chi connectivity index (χ2n) is 13.4. The van der Waals surface area contributed by atoms with Crippen molar-refractivity contribution in [3.8, 4) is 0 Å². The Balaban J connectivity index is 1.24. The minimum atomic E-state index is -3.92. The van der Waals surface area contributed by atoms with Gasteiger partial charge in [-0.2, -0.15) is 0 Å². The highest BCUT2D eigenvalue weighted by atomic mass is 32.2. The van der Waals surface area contributed by atoms with E-state index in [-0.39, 0.29) is 16.8 Å². The van der Waals surface area contributed by atoms with Crippen molar-refractivity contribution in [3.63, 3.8) is 0 Å². The number of hydrogen-bond acceptors (Lipinski definition) is 7. The Morgan fingerprint density at radius 2 is 1.62 bits per heavy atom. The van der Waals surface area contributed by atoms with Crippen molar-refractivity contribution in [1.29, 1.82) is 0 Å². The first-order valence-electron chi connectivity index (χ1n) is 16.3. The van der Waals surface area contributed by atoms with Crippen LogP contribution in [0.15, 0.2) is 77.7 Å². The molecule has 0 unspecified atom stereocenters. The zero-order valence-corrected chi connectivity index (χ0v) is 28.0. The van der Waals surface area contributed by atoms with E-state index in [2.05, 4.69) is 32.4 Å². The van der Waals surface area contributed by atoms with Crippen LogP contribution >= 0.6 is 0 Å². The fourth-order valence-electron chi connectivity index (χ4n) is 6.28. The molecular formula is C36H43N5O5S. The third kappa shape index (κ3) is 7.86. The van der Waals surface area contributed by atoms with Gasteiger partial charge in [0.15, 0.2) is 0 Å². The number of likely N-dealkylation sites (tertiary alicyclic amines) is 2. The Kier molecular flexibility index (Phi) is 9.41. The van der Waals surface area contributed by atoms with Crippen LogP contribution in [0.2, 0.25) is 0 Å². The predicted octanol–water partition coefficient (Wildman–Crippen LogP) is 5.89. The highest BCUT2D eigenvalue weighted by molar-refractivity contribution is 7.89. The minimum absolute atomic E-state index is 0.0681. The molecule has 0 atom stereocenters. The van der Waals surface area contributed by atoms with Crippen LogP contribution in [0.3, 0.4) is 0 Å². The molecule has 0 bridgehead atoms. The lowest BCUT2D eigenvalue weighted by atomic mass is 10.00. The normalized spacial score (nSPS) is 18.5. The lowest BCUT2D eigenvalue weighted by molar-refractivity contribution is -0.110. The molecule has 2 fully saturated rings. The van der Waals surface area contributed by atoms with Crippen molar-refractivity contribution in [1.82, 2.24) is 14.5 Å². The second kappa shape index (κ2) is 13.5. The molecule has 3 aliphatic rings. The topological polar surface area (TPSA) is 120 Å². The third-order valence-corrected chi connectivity index (χ3v) is 10.2. The van der Waals surface area contributed by atoms with Gasteiger partial charge >= 0.3 is 6.09 Å². The van der Waals surface area contributed by atoms with Gasteiger partial charge in [0, 0.05) is 42.6 Å². The minimum Gasteiger partial charge on any atom is -0.444 e. The van der Waals surface area contributed by atoms with Gasteiger partial charge in [0.2, 0.25) is 10.0 Å². The van der Waals surface area contributed by atoms with Gasteiger partial charge in [-0.05, 0) is 101 Å². The summed E-state index contributed by atoms with van der Waals surface area (Å²) in [6.45, 7) is 9.40. The van der Waals surface area contributed by atoms with Crippen molar-refractivity contribution >= 4 is 44.7 Å². The first-order valence-corrected chi connectivity index (χ1v) is 17.8. The summed E-state index contributed by atoms with van der Waals surface area (Å²) in [6.07, 6.45) is 3.02. The second-order valence-corrected chi connectivity index (χ2v) is 15.2. The van der Waals surface area contributed by atoms with Crippen molar-refractivity contribution in [2.75, 3.05) is 36.8 Å². The standard InChI is InChI=1S/C36H43N5O5S/c1-36(2,3)46-35(43)41-21-17-28(18-22-41)39-47(44,45)29-15-16-31-30(23-29)32(34(42)38-31)33(26-9-5-4-6-10-26)37-27-13-11-25(12-14-27)24-40-19-7-8-20-40/h4-6,9-16,23,28,37,39H,7-8,17-22,24H2,1-3H3,(H,38,42)/b33-32-. The molecule has 0 radical (unpaired) electrons. The van der Waals surface area contributed by atoms with E-state index in [9.17, 15) is 18.0 Å². The molecule has 0 aromatic heterocycles. The summed E-state index contributed by atoms with van der Waals surface area (Å²) in [5.74, 6) is -0.311. The lowest BCUT2D eigenvalue weighted by Crippen LogP contribution is -2.47. The van der Waals surface area contributed by atoms with Gasteiger partial charge < -0.3 is 20.3 Å². The van der Waals surface area contributed by atoms with Crippen LogP contribution in [0, 0.1) is 0 Å². The van der Waals surface area contributed by atoms with E-state index in [1.54, 1.807) is 17.0 Å².